The molecule has 1 amide bonds. The quantitative estimate of drug-likeness (QED) is 0.457. The van der Waals surface area contributed by atoms with E-state index in [1.54, 1.807) is 9.47 Å². The summed E-state index contributed by atoms with van der Waals surface area (Å²) in [7, 11) is -1.15. The zero-order chi connectivity index (χ0) is 28.2. The molecule has 0 fully saturated rings. The number of nitrogens with zero attached hydrogens (tertiary/aromatic N) is 5. The minimum atomic E-state index is -3.88. The minimum Gasteiger partial charge on any atom is -0.493 e. The highest BCUT2D eigenvalue weighted by Gasteiger charge is 2.39. The Morgan fingerprint density at radius 3 is 2.69 bits per heavy atom. The molecule has 0 spiro atoms. The number of carbonyl (C=O) groups is 1. The van der Waals surface area contributed by atoms with Crippen LogP contribution in [0.4, 0.5) is 10.2 Å². The average molecular weight is 582 g/mol. The first-order chi connectivity index (χ1) is 18.5. The summed E-state index contributed by atoms with van der Waals surface area (Å²) in [6.07, 6.45) is 0.667. The van der Waals surface area contributed by atoms with Gasteiger partial charge in [0.2, 0.25) is 10.0 Å². The Labute approximate surface area is 229 Å². The molecule has 0 aliphatic carbocycles. The number of carbonyl (C=O) groups excluding carboxylic acids is 1. The first kappa shape index (κ1) is 27.3. The second-order valence-corrected chi connectivity index (χ2v) is 12.2. The molecule has 0 saturated heterocycles. The Morgan fingerprint density at radius 2 is 2.00 bits per heavy atom. The van der Waals surface area contributed by atoms with E-state index in [0.717, 1.165) is 15.1 Å². The molecule has 210 valence electrons. The zero-order valence-corrected chi connectivity index (χ0v) is 23.6. The number of sulfonamides is 1. The van der Waals surface area contributed by atoms with Crippen molar-refractivity contribution in [3.63, 3.8) is 0 Å². The van der Waals surface area contributed by atoms with Crippen molar-refractivity contribution in [3.05, 3.63) is 44.6 Å². The number of hydrogen-bond acceptors (Lipinski definition) is 7. The van der Waals surface area contributed by atoms with Gasteiger partial charge in [0.05, 0.1) is 31.0 Å². The number of ether oxygens (including phenoxy) is 2. The Kier molecular flexibility index (Phi) is 7.00. The first-order valence-corrected chi connectivity index (χ1v) is 14.6. The first-order valence-electron chi connectivity index (χ1n) is 12.6. The molecule has 14 heteroatoms. The van der Waals surface area contributed by atoms with Gasteiger partial charge in [0.1, 0.15) is 22.5 Å². The monoisotopic (exact) mass is 581 g/mol. The summed E-state index contributed by atoms with van der Waals surface area (Å²) in [5.41, 5.74) is 0.138. The standard InChI is InChI=1S/C25H29ClFN5O6S/c1-5-30-12-14(2)32-20-19(22(37-4)21(32)25(30)34)24(33)31-13-15-10-16(26)17(27)11-18(15)38-8-6-7-9-39(35,36)29(3)23(20)28-31/h10-11,14H,5-9,12-13H2,1-4H3/t14-/m0/s1. The van der Waals surface area contributed by atoms with Crippen LogP contribution >= 0.6 is 11.6 Å². The van der Waals surface area contributed by atoms with Gasteiger partial charge in [-0.2, -0.15) is 0 Å². The maximum atomic E-state index is 14.3. The third-order valence-electron chi connectivity index (χ3n) is 7.23. The van der Waals surface area contributed by atoms with Crippen molar-refractivity contribution in [2.45, 2.75) is 39.3 Å². The molecule has 2 bridgehead atoms. The van der Waals surface area contributed by atoms with Crippen LogP contribution in [-0.2, 0) is 16.6 Å². The predicted octanol–water partition coefficient (Wildman–Crippen LogP) is 3.02. The lowest BCUT2D eigenvalue weighted by Crippen LogP contribution is -2.42. The van der Waals surface area contributed by atoms with Gasteiger partial charge in [-0.3, -0.25) is 13.9 Å². The minimum absolute atomic E-state index is 0.0197. The summed E-state index contributed by atoms with van der Waals surface area (Å²) < 4.78 is 56.3. The summed E-state index contributed by atoms with van der Waals surface area (Å²) in [6, 6.07) is 2.20. The number of likely N-dealkylation sites (N-methyl/N-ethyl adjacent to an activating group) is 1. The maximum Gasteiger partial charge on any atom is 0.280 e. The summed E-state index contributed by atoms with van der Waals surface area (Å²) in [5.74, 6) is -1.03. The van der Waals surface area contributed by atoms with Crippen LogP contribution in [0, 0.1) is 5.82 Å². The van der Waals surface area contributed by atoms with Gasteiger partial charge >= 0.3 is 0 Å². The van der Waals surface area contributed by atoms with Gasteiger partial charge in [-0.05, 0) is 32.8 Å². The van der Waals surface area contributed by atoms with Crippen LogP contribution in [0.15, 0.2) is 16.9 Å². The molecular weight excluding hydrogens is 553 g/mol. The number of hydrogen-bond donors (Lipinski definition) is 0. The zero-order valence-electron chi connectivity index (χ0n) is 22.0. The normalized spacial score (nSPS) is 19.4. The van der Waals surface area contributed by atoms with Crippen LogP contribution in [0.2, 0.25) is 5.02 Å². The van der Waals surface area contributed by atoms with E-state index in [2.05, 4.69) is 5.10 Å². The number of methoxy groups -OCH3 is 1. The molecule has 3 aromatic rings. The SMILES string of the molecule is CCN1C[C@H](C)n2c(c(OC)c3c(=O)n4nc(c32)N(C)S(=O)(=O)CCCCOc2cc(F)c(Cl)cc2C4)C1=O. The van der Waals surface area contributed by atoms with E-state index < -0.39 is 21.4 Å². The third kappa shape index (κ3) is 4.41. The Hall–Kier alpha value is -3.32. The van der Waals surface area contributed by atoms with Crippen molar-refractivity contribution in [1.82, 2.24) is 19.2 Å². The molecular formula is C25H29ClFN5O6S. The fraction of sp³-hybridized carbons (Fsp3) is 0.480. The molecule has 11 nitrogen and oxygen atoms in total. The molecule has 4 heterocycles. The number of halogens is 2. The highest BCUT2D eigenvalue weighted by molar-refractivity contribution is 7.92. The molecule has 1 atom stereocenters. The van der Waals surface area contributed by atoms with Crippen molar-refractivity contribution < 1.29 is 27.1 Å². The van der Waals surface area contributed by atoms with Crippen LogP contribution in [0.1, 0.15) is 48.8 Å². The lowest BCUT2D eigenvalue weighted by Gasteiger charge is -2.33. The second kappa shape index (κ2) is 10.0. The number of fused-ring (bicyclic) bond motifs is 7. The van der Waals surface area contributed by atoms with Gasteiger partial charge in [-0.25, -0.2) is 17.5 Å². The predicted molar refractivity (Wildman–Crippen MR) is 144 cm³/mol. The molecule has 2 aliphatic heterocycles. The Balaban J connectivity index is 1.88. The average Bonchev–Trinajstić information content (AvgIpc) is 3.25. The number of aromatic nitrogens is 3. The molecule has 0 unspecified atom stereocenters. The summed E-state index contributed by atoms with van der Waals surface area (Å²) in [6.45, 7) is 4.50. The molecule has 39 heavy (non-hydrogen) atoms. The van der Waals surface area contributed by atoms with Gasteiger partial charge < -0.3 is 18.9 Å². The van der Waals surface area contributed by atoms with Crippen LogP contribution < -0.4 is 19.3 Å². The van der Waals surface area contributed by atoms with E-state index >= 15 is 0 Å². The molecule has 2 aromatic heterocycles. The fourth-order valence-corrected chi connectivity index (χ4v) is 6.63. The lowest BCUT2D eigenvalue weighted by molar-refractivity contribution is 0.0685. The summed E-state index contributed by atoms with van der Waals surface area (Å²) in [5, 5.41) is 4.37. The molecule has 5 rings (SSSR count). The smallest absolute Gasteiger partial charge is 0.280 e. The number of anilines is 1. The summed E-state index contributed by atoms with van der Waals surface area (Å²) >= 11 is 6.06. The van der Waals surface area contributed by atoms with Gasteiger partial charge in [0, 0.05) is 37.8 Å². The van der Waals surface area contributed by atoms with Crippen LogP contribution in [0.25, 0.3) is 10.9 Å². The largest absolute Gasteiger partial charge is 0.493 e. The molecule has 0 saturated carbocycles. The van der Waals surface area contributed by atoms with Crippen molar-refractivity contribution >= 4 is 44.3 Å². The van der Waals surface area contributed by atoms with Crippen LogP contribution in [0.5, 0.6) is 11.5 Å². The Morgan fingerprint density at radius 1 is 1.26 bits per heavy atom. The highest BCUT2D eigenvalue weighted by Crippen LogP contribution is 2.41. The van der Waals surface area contributed by atoms with Gasteiger partial charge in [-0.15, -0.1) is 5.10 Å². The van der Waals surface area contributed by atoms with Crippen LogP contribution in [0.3, 0.4) is 0 Å². The fourth-order valence-electron chi connectivity index (χ4n) is 5.21. The molecule has 2 aliphatic rings. The molecule has 0 N–H and O–H groups in total. The topological polar surface area (TPSA) is 116 Å². The van der Waals surface area contributed by atoms with Gasteiger partial charge in [-0.1, -0.05) is 11.6 Å². The van der Waals surface area contributed by atoms with Gasteiger partial charge in [0.25, 0.3) is 11.5 Å². The van der Waals surface area contributed by atoms with Gasteiger partial charge in [0.15, 0.2) is 17.3 Å². The number of benzene rings is 1. The van der Waals surface area contributed by atoms with E-state index in [1.807, 2.05) is 13.8 Å². The summed E-state index contributed by atoms with van der Waals surface area (Å²) in [4.78, 5) is 29.1. The van der Waals surface area contributed by atoms with E-state index in [4.69, 9.17) is 21.1 Å². The van der Waals surface area contributed by atoms with E-state index in [-0.39, 0.29) is 76.2 Å². The Bertz CT molecular complexity index is 1650. The second-order valence-electron chi connectivity index (χ2n) is 9.67. The molecule has 0 radical (unpaired) electrons. The van der Waals surface area contributed by atoms with E-state index in [9.17, 15) is 22.4 Å². The maximum absolute atomic E-state index is 14.3. The van der Waals surface area contributed by atoms with Crippen molar-refractivity contribution in [1.29, 1.82) is 0 Å². The lowest BCUT2D eigenvalue weighted by atomic mass is 10.2. The number of rotatable bonds is 2. The van der Waals surface area contributed by atoms with E-state index in [0.29, 0.717) is 25.1 Å². The molecule has 1 aromatic carbocycles. The van der Waals surface area contributed by atoms with Crippen LogP contribution in [-0.4, -0.2) is 73.2 Å². The number of amides is 1. The van der Waals surface area contributed by atoms with E-state index in [1.165, 1.54) is 20.2 Å². The third-order valence-corrected chi connectivity index (χ3v) is 9.33. The van der Waals surface area contributed by atoms with Crippen molar-refractivity contribution in [2.75, 3.05) is 43.9 Å². The highest BCUT2D eigenvalue weighted by atomic mass is 35.5. The van der Waals surface area contributed by atoms with Crippen molar-refractivity contribution in [3.8, 4) is 11.5 Å². The van der Waals surface area contributed by atoms with Crippen molar-refractivity contribution in [2.24, 2.45) is 0 Å².